The summed E-state index contributed by atoms with van der Waals surface area (Å²) in [5.41, 5.74) is -0.269. The molecule has 1 rings (SSSR count). The van der Waals surface area contributed by atoms with Crippen molar-refractivity contribution in [1.29, 1.82) is 0 Å². The SMILES string of the molecule is C=CCC1(CC=C)CCCN1C(=O)O. The van der Waals surface area contributed by atoms with E-state index in [1.807, 2.05) is 0 Å². The van der Waals surface area contributed by atoms with E-state index < -0.39 is 6.09 Å². The fourth-order valence-electron chi connectivity index (χ4n) is 2.28. The molecule has 0 saturated carbocycles. The second kappa shape index (κ2) is 4.31. The van der Waals surface area contributed by atoms with Crippen LogP contribution in [0.3, 0.4) is 0 Å². The highest BCUT2D eigenvalue weighted by molar-refractivity contribution is 5.66. The molecule has 1 heterocycles. The smallest absolute Gasteiger partial charge is 0.407 e. The Morgan fingerprint density at radius 3 is 2.43 bits per heavy atom. The van der Waals surface area contributed by atoms with Crippen LogP contribution in [0.25, 0.3) is 0 Å². The Balaban J connectivity index is 2.87. The lowest BCUT2D eigenvalue weighted by Crippen LogP contribution is -2.46. The summed E-state index contributed by atoms with van der Waals surface area (Å²) in [4.78, 5) is 12.6. The van der Waals surface area contributed by atoms with E-state index in [4.69, 9.17) is 5.11 Å². The number of amides is 1. The van der Waals surface area contributed by atoms with Gasteiger partial charge < -0.3 is 10.0 Å². The summed E-state index contributed by atoms with van der Waals surface area (Å²) in [7, 11) is 0. The van der Waals surface area contributed by atoms with Gasteiger partial charge in [0, 0.05) is 6.54 Å². The summed E-state index contributed by atoms with van der Waals surface area (Å²) in [6.07, 6.45) is 6.04. The van der Waals surface area contributed by atoms with Crippen molar-refractivity contribution in [3.05, 3.63) is 25.3 Å². The average Bonchev–Trinajstić information content (AvgIpc) is 2.50. The maximum Gasteiger partial charge on any atom is 0.407 e. The molecule has 1 fully saturated rings. The number of carboxylic acid groups (broad SMARTS) is 1. The molecule has 0 radical (unpaired) electrons. The molecule has 0 spiro atoms. The van der Waals surface area contributed by atoms with Crippen LogP contribution >= 0.6 is 0 Å². The first kappa shape index (κ1) is 10.8. The van der Waals surface area contributed by atoms with E-state index in [-0.39, 0.29) is 5.54 Å². The summed E-state index contributed by atoms with van der Waals surface area (Å²) in [5, 5.41) is 9.06. The zero-order chi connectivity index (χ0) is 10.6. The van der Waals surface area contributed by atoms with Crippen molar-refractivity contribution in [2.75, 3.05) is 6.54 Å². The first-order chi connectivity index (χ1) is 6.66. The minimum atomic E-state index is -0.828. The number of hydrogen-bond acceptors (Lipinski definition) is 1. The third-order valence-electron chi connectivity index (χ3n) is 2.88. The zero-order valence-electron chi connectivity index (χ0n) is 8.41. The van der Waals surface area contributed by atoms with Crippen LogP contribution in [0.4, 0.5) is 4.79 Å². The molecule has 0 atom stereocenters. The van der Waals surface area contributed by atoms with Gasteiger partial charge in [-0.05, 0) is 25.7 Å². The van der Waals surface area contributed by atoms with Gasteiger partial charge in [-0.2, -0.15) is 0 Å². The molecule has 14 heavy (non-hydrogen) atoms. The standard InChI is InChI=1S/C11H17NO2/c1-3-6-11(7-4-2)8-5-9-12(11)10(13)14/h3-4H,1-2,5-9H2,(H,13,14). The third kappa shape index (κ3) is 1.81. The second-order valence-corrected chi connectivity index (χ2v) is 3.75. The maximum atomic E-state index is 11.0. The van der Waals surface area contributed by atoms with Gasteiger partial charge in [0.05, 0.1) is 5.54 Å². The quantitative estimate of drug-likeness (QED) is 0.700. The predicted octanol–water partition coefficient (Wildman–Crippen LogP) is 2.65. The van der Waals surface area contributed by atoms with Gasteiger partial charge in [-0.25, -0.2) is 4.79 Å². The van der Waals surface area contributed by atoms with E-state index in [2.05, 4.69) is 13.2 Å². The Hall–Kier alpha value is -1.25. The molecule has 0 aliphatic carbocycles. The number of rotatable bonds is 4. The number of likely N-dealkylation sites (tertiary alicyclic amines) is 1. The number of nitrogens with zero attached hydrogens (tertiary/aromatic N) is 1. The number of hydrogen-bond donors (Lipinski definition) is 1. The molecule has 1 aliphatic rings. The molecule has 1 saturated heterocycles. The van der Waals surface area contributed by atoms with E-state index in [1.165, 1.54) is 4.90 Å². The first-order valence-corrected chi connectivity index (χ1v) is 4.88. The summed E-state index contributed by atoms with van der Waals surface area (Å²) < 4.78 is 0. The molecule has 3 heteroatoms. The predicted molar refractivity (Wildman–Crippen MR) is 56.3 cm³/mol. The van der Waals surface area contributed by atoms with Crippen molar-refractivity contribution in [1.82, 2.24) is 4.90 Å². The Bertz CT molecular complexity index is 238. The first-order valence-electron chi connectivity index (χ1n) is 4.88. The molecule has 0 bridgehead atoms. The van der Waals surface area contributed by atoms with E-state index in [9.17, 15) is 4.79 Å². The second-order valence-electron chi connectivity index (χ2n) is 3.75. The summed E-state index contributed by atoms with van der Waals surface area (Å²) in [6.45, 7) is 8.02. The van der Waals surface area contributed by atoms with Crippen molar-refractivity contribution < 1.29 is 9.90 Å². The van der Waals surface area contributed by atoms with Crippen molar-refractivity contribution in [2.45, 2.75) is 31.2 Å². The molecule has 1 amide bonds. The highest BCUT2D eigenvalue weighted by Crippen LogP contribution is 2.36. The lowest BCUT2D eigenvalue weighted by molar-refractivity contribution is 0.104. The zero-order valence-corrected chi connectivity index (χ0v) is 8.41. The van der Waals surface area contributed by atoms with Gasteiger partial charge in [0.2, 0.25) is 0 Å². The molecular formula is C11H17NO2. The summed E-state index contributed by atoms with van der Waals surface area (Å²) in [5.74, 6) is 0. The third-order valence-corrected chi connectivity index (χ3v) is 2.88. The molecule has 0 aromatic heterocycles. The molecule has 1 aliphatic heterocycles. The van der Waals surface area contributed by atoms with E-state index in [0.717, 1.165) is 12.8 Å². The van der Waals surface area contributed by atoms with Crippen LogP contribution in [0.5, 0.6) is 0 Å². The summed E-state index contributed by atoms with van der Waals surface area (Å²) in [6, 6.07) is 0. The summed E-state index contributed by atoms with van der Waals surface area (Å²) >= 11 is 0. The minimum absolute atomic E-state index is 0.269. The van der Waals surface area contributed by atoms with Crippen LogP contribution < -0.4 is 0 Å². The molecular weight excluding hydrogens is 178 g/mol. The monoisotopic (exact) mass is 195 g/mol. The highest BCUT2D eigenvalue weighted by atomic mass is 16.4. The van der Waals surface area contributed by atoms with Gasteiger partial charge in [-0.1, -0.05) is 12.2 Å². The fourth-order valence-corrected chi connectivity index (χ4v) is 2.28. The molecule has 1 N–H and O–H groups in total. The van der Waals surface area contributed by atoms with Gasteiger partial charge in [-0.3, -0.25) is 0 Å². The van der Waals surface area contributed by atoms with Crippen molar-refractivity contribution in [3.63, 3.8) is 0 Å². The Morgan fingerprint density at radius 1 is 1.43 bits per heavy atom. The lowest BCUT2D eigenvalue weighted by Gasteiger charge is -2.35. The Morgan fingerprint density at radius 2 is 2.00 bits per heavy atom. The van der Waals surface area contributed by atoms with Gasteiger partial charge in [0.1, 0.15) is 0 Å². The topological polar surface area (TPSA) is 40.5 Å². The van der Waals surface area contributed by atoms with Gasteiger partial charge in [0.25, 0.3) is 0 Å². The van der Waals surface area contributed by atoms with Crippen LogP contribution in [0.1, 0.15) is 25.7 Å². The lowest BCUT2D eigenvalue weighted by atomic mass is 9.88. The number of carbonyl (C=O) groups is 1. The molecule has 0 unspecified atom stereocenters. The van der Waals surface area contributed by atoms with E-state index in [1.54, 1.807) is 12.2 Å². The van der Waals surface area contributed by atoms with Crippen molar-refractivity contribution in [2.24, 2.45) is 0 Å². The van der Waals surface area contributed by atoms with Crippen LogP contribution in [-0.4, -0.2) is 28.2 Å². The van der Waals surface area contributed by atoms with Gasteiger partial charge >= 0.3 is 6.09 Å². The molecule has 0 aromatic carbocycles. The van der Waals surface area contributed by atoms with Crippen LogP contribution in [-0.2, 0) is 0 Å². The van der Waals surface area contributed by atoms with Crippen LogP contribution in [0.2, 0.25) is 0 Å². The van der Waals surface area contributed by atoms with Crippen LogP contribution in [0.15, 0.2) is 25.3 Å². The molecule has 0 aromatic rings. The largest absolute Gasteiger partial charge is 0.465 e. The highest BCUT2D eigenvalue weighted by Gasteiger charge is 2.41. The minimum Gasteiger partial charge on any atom is -0.465 e. The average molecular weight is 195 g/mol. The Labute approximate surface area is 84.7 Å². The molecule has 78 valence electrons. The fraction of sp³-hybridized carbons (Fsp3) is 0.545. The maximum absolute atomic E-state index is 11.0. The Kier molecular flexibility index (Phi) is 3.33. The molecule has 3 nitrogen and oxygen atoms in total. The van der Waals surface area contributed by atoms with Gasteiger partial charge in [-0.15, -0.1) is 13.2 Å². The normalized spacial score (nSPS) is 19.3. The van der Waals surface area contributed by atoms with Crippen molar-refractivity contribution >= 4 is 6.09 Å². The van der Waals surface area contributed by atoms with Crippen molar-refractivity contribution in [3.8, 4) is 0 Å². The van der Waals surface area contributed by atoms with Crippen LogP contribution in [0, 0.1) is 0 Å². The van der Waals surface area contributed by atoms with E-state index >= 15 is 0 Å². The van der Waals surface area contributed by atoms with Gasteiger partial charge in [0.15, 0.2) is 0 Å². The van der Waals surface area contributed by atoms with E-state index in [0.29, 0.717) is 19.4 Å².